The van der Waals surface area contributed by atoms with Crippen molar-refractivity contribution in [1.29, 1.82) is 0 Å². The van der Waals surface area contributed by atoms with E-state index in [0.717, 1.165) is 31.4 Å². The Labute approximate surface area is 165 Å². The summed E-state index contributed by atoms with van der Waals surface area (Å²) in [5, 5.41) is 3.70. The standard InChI is InChI=1S/C25H34N2/c1-6-7-19(2)18-27-25(4,5)17-23-10-8-21(9-11-23)16-22-12-14-24(15-13-22)20(3)26/h6,8-15,19,27H,1,3,7,16-18,26H2,2,4-5H3. The van der Waals surface area contributed by atoms with Gasteiger partial charge in [0, 0.05) is 11.2 Å². The van der Waals surface area contributed by atoms with Crippen LogP contribution < -0.4 is 11.1 Å². The smallest absolute Gasteiger partial charge is 0.0314 e. The third kappa shape index (κ3) is 7.07. The maximum atomic E-state index is 5.73. The van der Waals surface area contributed by atoms with Crippen LogP contribution in [0.2, 0.25) is 0 Å². The van der Waals surface area contributed by atoms with Gasteiger partial charge in [-0.3, -0.25) is 0 Å². The zero-order valence-corrected chi connectivity index (χ0v) is 17.1. The van der Waals surface area contributed by atoms with Gasteiger partial charge in [0.1, 0.15) is 0 Å². The first-order valence-electron chi connectivity index (χ1n) is 9.76. The Morgan fingerprint density at radius 3 is 2.07 bits per heavy atom. The van der Waals surface area contributed by atoms with Gasteiger partial charge in [-0.15, -0.1) is 6.58 Å². The van der Waals surface area contributed by atoms with Crippen molar-refractivity contribution < 1.29 is 0 Å². The summed E-state index contributed by atoms with van der Waals surface area (Å²) in [5.74, 6) is 0.618. The minimum atomic E-state index is 0.0808. The molecule has 1 atom stereocenters. The molecule has 2 aromatic rings. The molecule has 0 heterocycles. The van der Waals surface area contributed by atoms with Crippen molar-refractivity contribution in [1.82, 2.24) is 5.32 Å². The Kier molecular flexibility index (Phi) is 7.44. The van der Waals surface area contributed by atoms with Crippen LogP contribution in [0.4, 0.5) is 0 Å². The number of benzene rings is 2. The first-order chi connectivity index (χ1) is 12.8. The molecule has 2 heteroatoms. The van der Waals surface area contributed by atoms with E-state index in [9.17, 15) is 0 Å². The highest BCUT2D eigenvalue weighted by atomic mass is 15.0. The van der Waals surface area contributed by atoms with Crippen LogP contribution in [-0.2, 0) is 12.8 Å². The molecule has 27 heavy (non-hydrogen) atoms. The lowest BCUT2D eigenvalue weighted by molar-refractivity contribution is 0.354. The van der Waals surface area contributed by atoms with Gasteiger partial charge in [-0.1, -0.05) is 68.1 Å². The summed E-state index contributed by atoms with van der Waals surface area (Å²) in [7, 11) is 0. The molecule has 2 rings (SSSR count). The molecular formula is C25H34N2. The molecule has 0 aliphatic carbocycles. The van der Waals surface area contributed by atoms with E-state index in [1.54, 1.807) is 0 Å². The van der Waals surface area contributed by atoms with E-state index in [4.69, 9.17) is 5.73 Å². The Morgan fingerprint density at radius 2 is 1.56 bits per heavy atom. The molecule has 2 aromatic carbocycles. The minimum Gasteiger partial charge on any atom is -0.399 e. The van der Waals surface area contributed by atoms with E-state index >= 15 is 0 Å². The summed E-state index contributed by atoms with van der Waals surface area (Å²) >= 11 is 0. The highest BCUT2D eigenvalue weighted by Gasteiger charge is 2.18. The zero-order chi connectivity index (χ0) is 19.9. The molecule has 0 spiro atoms. The van der Waals surface area contributed by atoms with Crippen molar-refractivity contribution in [3.05, 3.63) is 90.0 Å². The average Bonchev–Trinajstić information content (AvgIpc) is 2.62. The summed E-state index contributed by atoms with van der Waals surface area (Å²) in [4.78, 5) is 0. The van der Waals surface area contributed by atoms with E-state index in [2.05, 4.69) is 75.6 Å². The fraction of sp³-hybridized carbons (Fsp3) is 0.360. The number of nitrogens with two attached hydrogens (primary N) is 1. The molecule has 0 amide bonds. The van der Waals surface area contributed by atoms with Crippen LogP contribution >= 0.6 is 0 Å². The third-order valence-corrected chi connectivity index (χ3v) is 4.90. The Hall–Kier alpha value is -2.32. The molecule has 3 N–H and O–H groups in total. The highest BCUT2D eigenvalue weighted by molar-refractivity contribution is 5.60. The van der Waals surface area contributed by atoms with Gasteiger partial charge in [0.2, 0.25) is 0 Å². The predicted octanol–water partition coefficient (Wildman–Crippen LogP) is 5.33. The Balaban J connectivity index is 1.92. The summed E-state index contributed by atoms with van der Waals surface area (Å²) in [6.45, 7) is 15.4. The van der Waals surface area contributed by atoms with E-state index in [-0.39, 0.29) is 5.54 Å². The summed E-state index contributed by atoms with van der Waals surface area (Å²) in [6.07, 6.45) is 5.00. The number of nitrogens with one attached hydrogen (secondary N) is 1. The molecule has 144 valence electrons. The van der Waals surface area contributed by atoms with Gasteiger partial charge in [-0.05, 0) is 67.8 Å². The molecule has 2 nitrogen and oxygen atoms in total. The van der Waals surface area contributed by atoms with Crippen LogP contribution in [-0.4, -0.2) is 12.1 Å². The van der Waals surface area contributed by atoms with Crippen molar-refractivity contribution in [2.75, 3.05) is 6.54 Å². The van der Waals surface area contributed by atoms with Crippen LogP contribution in [0.5, 0.6) is 0 Å². The average molecular weight is 363 g/mol. The number of hydrogen-bond acceptors (Lipinski definition) is 2. The van der Waals surface area contributed by atoms with Gasteiger partial charge in [-0.25, -0.2) is 0 Å². The second-order valence-electron chi connectivity index (χ2n) is 8.29. The molecule has 0 bridgehead atoms. The minimum absolute atomic E-state index is 0.0808. The molecule has 0 radical (unpaired) electrons. The number of rotatable bonds is 10. The van der Waals surface area contributed by atoms with Gasteiger partial charge in [-0.2, -0.15) is 0 Å². The molecule has 0 aromatic heterocycles. The lowest BCUT2D eigenvalue weighted by atomic mass is 9.92. The van der Waals surface area contributed by atoms with E-state index < -0.39 is 0 Å². The lowest BCUT2D eigenvalue weighted by Gasteiger charge is -2.28. The molecule has 0 saturated heterocycles. The second-order valence-corrected chi connectivity index (χ2v) is 8.29. The first kappa shape index (κ1) is 21.0. The third-order valence-electron chi connectivity index (χ3n) is 4.90. The normalized spacial score (nSPS) is 12.6. The molecule has 0 fully saturated rings. The monoisotopic (exact) mass is 362 g/mol. The van der Waals surface area contributed by atoms with Gasteiger partial charge in [0.25, 0.3) is 0 Å². The Bertz CT molecular complexity index is 739. The van der Waals surface area contributed by atoms with Crippen LogP contribution in [0.3, 0.4) is 0 Å². The molecule has 0 saturated carbocycles. The SMILES string of the molecule is C=CCC(C)CNC(C)(C)Cc1ccc(Cc2ccc(C(=C)N)cc2)cc1. The van der Waals surface area contributed by atoms with Crippen molar-refractivity contribution in [3.8, 4) is 0 Å². The van der Waals surface area contributed by atoms with Crippen LogP contribution in [0.15, 0.2) is 67.8 Å². The van der Waals surface area contributed by atoms with E-state index in [1.807, 2.05) is 18.2 Å². The topological polar surface area (TPSA) is 38.0 Å². The summed E-state index contributed by atoms with van der Waals surface area (Å²) < 4.78 is 0. The fourth-order valence-corrected chi connectivity index (χ4v) is 3.24. The van der Waals surface area contributed by atoms with Crippen LogP contribution in [0, 0.1) is 5.92 Å². The predicted molar refractivity (Wildman–Crippen MR) is 119 cm³/mol. The van der Waals surface area contributed by atoms with Crippen LogP contribution in [0.1, 0.15) is 49.4 Å². The summed E-state index contributed by atoms with van der Waals surface area (Å²) in [6, 6.07) is 17.3. The largest absolute Gasteiger partial charge is 0.399 e. The molecular weight excluding hydrogens is 328 g/mol. The van der Waals surface area contributed by atoms with Gasteiger partial charge in [0.15, 0.2) is 0 Å². The molecule has 0 aliphatic rings. The van der Waals surface area contributed by atoms with E-state index in [1.165, 1.54) is 16.7 Å². The van der Waals surface area contributed by atoms with E-state index in [0.29, 0.717) is 11.6 Å². The number of allylic oxidation sites excluding steroid dienone is 1. The van der Waals surface area contributed by atoms with Crippen molar-refractivity contribution >= 4 is 5.70 Å². The molecule has 0 aliphatic heterocycles. The first-order valence-corrected chi connectivity index (χ1v) is 9.76. The molecule has 1 unspecified atom stereocenters. The fourth-order valence-electron chi connectivity index (χ4n) is 3.24. The van der Waals surface area contributed by atoms with Gasteiger partial charge >= 0.3 is 0 Å². The maximum absolute atomic E-state index is 5.73. The maximum Gasteiger partial charge on any atom is 0.0314 e. The second kappa shape index (κ2) is 9.57. The quantitative estimate of drug-likeness (QED) is 0.561. The summed E-state index contributed by atoms with van der Waals surface area (Å²) in [5.41, 5.74) is 11.4. The van der Waals surface area contributed by atoms with Gasteiger partial charge < -0.3 is 11.1 Å². The Morgan fingerprint density at radius 1 is 1.04 bits per heavy atom. The van der Waals surface area contributed by atoms with Crippen LogP contribution in [0.25, 0.3) is 5.70 Å². The zero-order valence-electron chi connectivity index (χ0n) is 17.1. The van der Waals surface area contributed by atoms with Gasteiger partial charge in [0.05, 0.1) is 0 Å². The number of hydrogen-bond donors (Lipinski definition) is 2. The van der Waals surface area contributed by atoms with Crippen molar-refractivity contribution in [2.45, 2.75) is 45.6 Å². The van der Waals surface area contributed by atoms with Crippen molar-refractivity contribution in [3.63, 3.8) is 0 Å². The lowest BCUT2D eigenvalue weighted by Crippen LogP contribution is -2.43. The van der Waals surface area contributed by atoms with Crippen molar-refractivity contribution in [2.24, 2.45) is 11.7 Å². The highest BCUT2D eigenvalue weighted by Crippen LogP contribution is 2.17.